The number of hydrogen-bond donors (Lipinski definition) is 0. The largest absolute Gasteiger partial charge is 0.423 e. The Hall–Kier alpha value is -1.27. The standard InChI is InChI=1S/C14H9Cl3O4S/c1-22(19,20)13-6-8(2-4-11(13)16)14(18)21-9-3-5-10(15)12(17)7-9/h2-7H,1H3. The van der Waals surface area contributed by atoms with E-state index in [0.717, 1.165) is 12.3 Å². The van der Waals surface area contributed by atoms with Crippen LogP contribution in [0.1, 0.15) is 10.4 Å². The Bertz CT molecular complexity index is 847. The van der Waals surface area contributed by atoms with E-state index in [1.54, 1.807) is 0 Å². The topological polar surface area (TPSA) is 60.4 Å². The van der Waals surface area contributed by atoms with E-state index >= 15 is 0 Å². The molecule has 0 saturated carbocycles. The quantitative estimate of drug-likeness (QED) is 0.590. The fraction of sp³-hybridized carbons (Fsp3) is 0.0714. The van der Waals surface area contributed by atoms with Crippen LogP contribution in [-0.2, 0) is 9.84 Å². The maximum absolute atomic E-state index is 12.1. The van der Waals surface area contributed by atoms with Gasteiger partial charge >= 0.3 is 5.97 Å². The van der Waals surface area contributed by atoms with Crippen LogP contribution >= 0.6 is 34.8 Å². The average Bonchev–Trinajstić information content (AvgIpc) is 2.42. The molecule has 0 amide bonds. The Labute approximate surface area is 142 Å². The third-order valence-electron chi connectivity index (χ3n) is 2.67. The molecular formula is C14H9Cl3O4S. The molecule has 0 aliphatic heterocycles. The van der Waals surface area contributed by atoms with E-state index in [4.69, 9.17) is 39.5 Å². The Morgan fingerprint density at radius 2 is 1.59 bits per heavy atom. The number of sulfone groups is 1. The Morgan fingerprint density at radius 3 is 2.18 bits per heavy atom. The smallest absolute Gasteiger partial charge is 0.343 e. The lowest BCUT2D eigenvalue weighted by Crippen LogP contribution is -2.10. The van der Waals surface area contributed by atoms with Crippen molar-refractivity contribution in [1.29, 1.82) is 0 Å². The van der Waals surface area contributed by atoms with Gasteiger partial charge in [-0.25, -0.2) is 13.2 Å². The molecule has 0 aliphatic rings. The second kappa shape index (κ2) is 6.46. The van der Waals surface area contributed by atoms with Gasteiger partial charge in [0.2, 0.25) is 0 Å². The van der Waals surface area contributed by atoms with Gasteiger partial charge in [-0.05, 0) is 30.3 Å². The van der Waals surface area contributed by atoms with E-state index in [2.05, 4.69) is 0 Å². The predicted molar refractivity (Wildman–Crippen MR) is 86.0 cm³/mol. The molecule has 0 saturated heterocycles. The maximum Gasteiger partial charge on any atom is 0.343 e. The van der Waals surface area contributed by atoms with Crippen LogP contribution in [0.4, 0.5) is 0 Å². The lowest BCUT2D eigenvalue weighted by atomic mass is 10.2. The second-order valence-electron chi connectivity index (χ2n) is 4.38. The number of halogens is 3. The number of benzene rings is 2. The summed E-state index contributed by atoms with van der Waals surface area (Å²) in [6.45, 7) is 0. The Kier molecular flexibility index (Phi) is 5.02. The van der Waals surface area contributed by atoms with E-state index in [9.17, 15) is 13.2 Å². The van der Waals surface area contributed by atoms with Crippen molar-refractivity contribution in [3.05, 3.63) is 57.0 Å². The van der Waals surface area contributed by atoms with Gasteiger partial charge in [-0.15, -0.1) is 0 Å². The van der Waals surface area contributed by atoms with Gasteiger partial charge in [-0.2, -0.15) is 0 Å². The molecule has 0 unspecified atom stereocenters. The Morgan fingerprint density at radius 1 is 0.955 bits per heavy atom. The third-order valence-corrected chi connectivity index (χ3v) is 4.99. The van der Waals surface area contributed by atoms with Gasteiger partial charge in [0.05, 0.1) is 25.5 Å². The highest BCUT2D eigenvalue weighted by atomic mass is 35.5. The monoisotopic (exact) mass is 378 g/mol. The van der Waals surface area contributed by atoms with Crippen molar-refractivity contribution in [2.45, 2.75) is 4.90 Å². The van der Waals surface area contributed by atoms with Crippen LogP contribution in [0.3, 0.4) is 0 Å². The molecule has 116 valence electrons. The summed E-state index contributed by atoms with van der Waals surface area (Å²) in [5, 5.41) is 0.598. The first kappa shape index (κ1) is 17.1. The normalized spacial score (nSPS) is 11.3. The molecule has 4 nitrogen and oxygen atoms in total. The van der Waals surface area contributed by atoms with E-state index in [1.165, 1.54) is 30.3 Å². The average molecular weight is 380 g/mol. The van der Waals surface area contributed by atoms with Gasteiger partial charge in [0.25, 0.3) is 0 Å². The molecule has 8 heteroatoms. The van der Waals surface area contributed by atoms with Crippen molar-refractivity contribution in [3.63, 3.8) is 0 Å². The highest BCUT2D eigenvalue weighted by Gasteiger charge is 2.17. The van der Waals surface area contributed by atoms with Gasteiger partial charge in [0, 0.05) is 12.3 Å². The molecule has 0 spiro atoms. The first-order valence-electron chi connectivity index (χ1n) is 5.85. The van der Waals surface area contributed by atoms with Crippen LogP contribution in [0, 0.1) is 0 Å². The number of rotatable bonds is 3. The van der Waals surface area contributed by atoms with Crippen molar-refractivity contribution in [1.82, 2.24) is 0 Å². The summed E-state index contributed by atoms with van der Waals surface area (Å²) in [6.07, 6.45) is 1.00. The first-order chi connectivity index (χ1) is 10.2. The zero-order chi connectivity index (χ0) is 16.5. The molecule has 22 heavy (non-hydrogen) atoms. The number of carbonyl (C=O) groups excluding carboxylic acids is 1. The summed E-state index contributed by atoms with van der Waals surface area (Å²) in [5.41, 5.74) is 0.0518. The minimum atomic E-state index is -3.55. The molecule has 0 bridgehead atoms. The first-order valence-corrected chi connectivity index (χ1v) is 8.88. The zero-order valence-corrected chi connectivity index (χ0v) is 14.2. The van der Waals surface area contributed by atoms with Gasteiger partial charge in [-0.1, -0.05) is 34.8 Å². The van der Waals surface area contributed by atoms with Crippen molar-refractivity contribution in [2.75, 3.05) is 6.26 Å². The SMILES string of the molecule is CS(=O)(=O)c1cc(C(=O)Oc2ccc(Cl)c(Cl)c2)ccc1Cl. The van der Waals surface area contributed by atoms with E-state index < -0.39 is 15.8 Å². The summed E-state index contributed by atoms with van der Waals surface area (Å²) < 4.78 is 28.3. The van der Waals surface area contributed by atoms with Crippen LogP contribution in [0.5, 0.6) is 5.75 Å². The lowest BCUT2D eigenvalue weighted by Gasteiger charge is -2.07. The number of hydrogen-bond acceptors (Lipinski definition) is 4. The van der Waals surface area contributed by atoms with Crippen LogP contribution < -0.4 is 4.74 Å². The van der Waals surface area contributed by atoms with Crippen LogP contribution in [0.15, 0.2) is 41.3 Å². The summed E-state index contributed by atoms with van der Waals surface area (Å²) in [5.74, 6) is -0.546. The zero-order valence-electron chi connectivity index (χ0n) is 11.1. The van der Waals surface area contributed by atoms with Gasteiger partial charge < -0.3 is 4.74 Å². The molecule has 2 aromatic rings. The lowest BCUT2D eigenvalue weighted by molar-refractivity contribution is 0.0734. The fourth-order valence-electron chi connectivity index (χ4n) is 1.62. The van der Waals surface area contributed by atoms with Gasteiger partial charge in [-0.3, -0.25) is 0 Å². The van der Waals surface area contributed by atoms with Crippen LogP contribution in [-0.4, -0.2) is 20.6 Å². The molecule has 0 fully saturated rings. The van der Waals surface area contributed by atoms with Crippen molar-refractivity contribution in [2.24, 2.45) is 0 Å². The summed E-state index contributed by atoms with van der Waals surface area (Å²) in [6, 6.07) is 8.20. The number of carbonyl (C=O) groups is 1. The van der Waals surface area contributed by atoms with E-state index in [1.807, 2.05) is 0 Å². The minimum Gasteiger partial charge on any atom is -0.423 e. The number of esters is 1. The van der Waals surface area contributed by atoms with Crippen molar-refractivity contribution >= 4 is 50.6 Å². The highest BCUT2D eigenvalue weighted by molar-refractivity contribution is 7.90. The fourth-order valence-corrected chi connectivity index (χ4v) is 3.21. The van der Waals surface area contributed by atoms with Crippen molar-refractivity contribution in [3.8, 4) is 5.75 Å². The van der Waals surface area contributed by atoms with E-state index in [-0.39, 0.29) is 26.3 Å². The molecule has 2 rings (SSSR count). The molecule has 0 aliphatic carbocycles. The highest BCUT2D eigenvalue weighted by Crippen LogP contribution is 2.27. The number of ether oxygens (including phenoxy) is 1. The minimum absolute atomic E-state index is 0.0357. The van der Waals surface area contributed by atoms with Crippen LogP contribution in [0.25, 0.3) is 0 Å². The molecule has 0 radical (unpaired) electrons. The molecule has 0 aromatic heterocycles. The summed E-state index contributed by atoms with van der Waals surface area (Å²) in [4.78, 5) is 11.9. The van der Waals surface area contributed by atoms with Gasteiger partial charge in [0.15, 0.2) is 9.84 Å². The van der Waals surface area contributed by atoms with Crippen LogP contribution in [0.2, 0.25) is 15.1 Å². The molecular weight excluding hydrogens is 371 g/mol. The Balaban J connectivity index is 2.32. The van der Waals surface area contributed by atoms with Gasteiger partial charge in [0.1, 0.15) is 5.75 Å². The molecule has 0 N–H and O–H groups in total. The molecule has 2 aromatic carbocycles. The molecule has 0 atom stereocenters. The predicted octanol–water partition coefficient (Wildman–Crippen LogP) is 4.27. The second-order valence-corrected chi connectivity index (χ2v) is 7.59. The molecule has 0 heterocycles. The summed E-state index contributed by atoms with van der Waals surface area (Å²) in [7, 11) is -3.55. The summed E-state index contributed by atoms with van der Waals surface area (Å²) >= 11 is 17.4. The van der Waals surface area contributed by atoms with Crippen molar-refractivity contribution < 1.29 is 17.9 Å². The third kappa shape index (κ3) is 3.93. The van der Waals surface area contributed by atoms with E-state index in [0.29, 0.717) is 5.02 Å². The maximum atomic E-state index is 12.1.